The maximum absolute atomic E-state index is 11.8. The molecule has 1 aromatic rings. The summed E-state index contributed by atoms with van der Waals surface area (Å²) in [5, 5.41) is 2.61. The van der Waals surface area contributed by atoms with Crippen molar-refractivity contribution in [3.8, 4) is 0 Å². The SMILES string of the molecule is CCOC(=O)/C=C\C(=O)Cc1ccc(NC(=O)/C=C\C(=O)OC2CC2)cc1. The van der Waals surface area contributed by atoms with E-state index in [0.717, 1.165) is 36.6 Å². The summed E-state index contributed by atoms with van der Waals surface area (Å²) in [6.07, 6.45) is 6.35. The number of amides is 1. The fourth-order valence-electron chi connectivity index (χ4n) is 2.03. The normalized spacial score (nSPS) is 13.5. The first-order chi connectivity index (χ1) is 13.0. The van der Waals surface area contributed by atoms with Crippen molar-refractivity contribution in [2.75, 3.05) is 11.9 Å². The number of carbonyl (C=O) groups is 4. The standard InChI is InChI=1S/C20H21NO6/c1-2-26-19(24)11-7-16(22)13-14-3-5-15(6-4-14)21-18(23)10-12-20(25)27-17-8-9-17/h3-7,10-12,17H,2,8-9,13H2,1H3,(H,21,23)/b11-7-,12-10-. The highest BCUT2D eigenvalue weighted by atomic mass is 16.5. The molecule has 0 unspecified atom stereocenters. The van der Waals surface area contributed by atoms with Crippen LogP contribution in [0.2, 0.25) is 0 Å². The number of rotatable bonds is 9. The number of ketones is 1. The number of hydrogen-bond donors (Lipinski definition) is 1. The summed E-state index contributed by atoms with van der Waals surface area (Å²) in [5.74, 6) is -1.78. The zero-order valence-electron chi connectivity index (χ0n) is 15.0. The Morgan fingerprint density at radius 1 is 1.00 bits per heavy atom. The Hall–Kier alpha value is -3.22. The van der Waals surface area contributed by atoms with Gasteiger partial charge in [-0.25, -0.2) is 9.59 Å². The third kappa shape index (κ3) is 8.13. The first kappa shape index (κ1) is 20.1. The van der Waals surface area contributed by atoms with Crippen LogP contribution < -0.4 is 5.32 Å². The third-order valence-corrected chi connectivity index (χ3v) is 3.47. The molecule has 1 aliphatic rings. The van der Waals surface area contributed by atoms with E-state index in [2.05, 4.69) is 5.32 Å². The molecule has 7 heteroatoms. The van der Waals surface area contributed by atoms with Crippen LogP contribution >= 0.6 is 0 Å². The number of carbonyl (C=O) groups excluding carboxylic acids is 4. The van der Waals surface area contributed by atoms with Crippen LogP contribution in [0.25, 0.3) is 0 Å². The molecule has 1 fully saturated rings. The van der Waals surface area contributed by atoms with E-state index in [-0.39, 0.29) is 24.9 Å². The molecule has 7 nitrogen and oxygen atoms in total. The summed E-state index contributed by atoms with van der Waals surface area (Å²) < 4.78 is 9.69. The van der Waals surface area contributed by atoms with Crippen molar-refractivity contribution in [2.24, 2.45) is 0 Å². The summed E-state index contributed by atoms with van der Waals surface area (Å²) in [5.41, 5.74) is 1.26. The van der Waals surface area contributed by atoms with Crippen molar-refractivity contribution in [3.63, 3.8) is 0 Å². The summed E-state index contributed by atoms with van der Waals surface area (Å²) in [6.45, 7) is 1.94. The summed E-state index contributed by atoms with van der Waals surface area (Å²) in [4.78, 5) is 46.1. The van der Waals surface area contributed by atoms with Crippen LogP contribution in [0.15, 0.2) is 48.6 Å². The van der Waals surface area contributed by atoms with Crippen LogP contribution in [0.4, 0.5) is 5.69 Å². The molecule has 0 aromatic heterocycles. The van der Waals surface area contributed by atoms with E-state index in [1.54, 1.807) is 31.2 Å². The van der Waals surface area contributed by atoms with Gasteiger partial charge in [0.2, 0.25) is 5.91 Å². The second-order valence-corrected chi connectivity index (χ2v) is 5.88. The molecule has 1 aromatic carbocycles. The lowest BCUT2D eigenvalue weighted by molar-refractivity contribution is -0.139. The monoisotopic (exact) mass is 371 g/mol. The van der Waals surface area contributed by atoms with E-state index in [1.165, 1.54) is 6.08 Å². The average molecular weight is 371 g/mol. The molecule has 27 heavy (non-hydrogen) atoms. The highest BCUT2D eigenvalue weighted by molar-refractivity contribution is 6.02. The highest BCUT2D eigenvalue weighted by Crippen LogP contribution is 2.23. The van der Waals surface area contributed by atoms with Gasteiger partial charge in [-0.15, -0.1) is 0 Å². The van der Waals surface area contributed by atoms with Crippen molar-refractivity contribution in [1.82, 2.24) is 0 Å². The number of hydrogen-bond acceptors (Lipinski definition) is 6. The van der Waals surface area contributed by atoms with Crippen molar-refractivity contribution in [3.05, 3.63) is 54.1 Å². The van der Waals surface area contributed by atoms with Gasteiger partial charge in [0.15, 0.2) is 5.78 Å². The number of nitrogens with one attached hydrogen (secondary N) is 1. The molecule has 1 saturated carbocycles. The molecule has 0 saturated heterocycles. The zero-order valence-corrected chi connectivity index (χ0v) is 15.0. The van der Waals surface area contributed by atoms with Crippen LogP contribution in [0.5, 0.6) is 0 Å². The molecule has 0 atom stereocenters. The van der Waals surface area contributed by atoms with Gasteiger partial charge < -0.3 is 14.8 Å². The zero-order chi connectivity index (χ0) is 19.6. The number of ether oxygens (including phenoxy) is 2. The number of esters is 2. The lowest BCUT2D eigenvalue weighted by atomic mass is 10.1. The van der Waals surface area contributed by atoms with Crippen molar-refractivity contribution >= 4 is 29.3 Å². The second kappa shape index (κ2) is 10.1. The first-order valence-corrected chi connectivity index (χ1v) is 8.62. The Labute approximate surface area is 157 Å². The predicted molar refractivity (Wildman–Crippen MR) is 97.8 cm³/mol. The second-order valence-electron chi connectivity index (χ2n) is 5.88. The van der Waals surface area contributed by atoms with Gasteiger partial charge in [-0.1, -0.05) is 12.1 Å². The average Bonchev–Trinajstić information content (AvgIpc) is 3.44. The Balaban J connectivity index is 1.79. The number of allylic oxidation sites excluding steroid dienone is 1. The summed E-state index contributed by atoms with van der Waals surface area (Å²) in [6, 6.07) is 6.67. The maximum Gasteiger partial charge on any atom is 0.331 e. The first-order valence-electron chi connectivity index (χ1n) is 8.62. The van der Waals surface area contributed by atoms with Crippen LogP contribution in [0, 0.1) is 0 Å². The topological polar surface area (TPSA) is 98.8 Å². The molecule has 0 aliphatic heterocycles. The Kier molecular flexibility index (Phi) is 7.49. The molecule has 0 heterocycles. The summed E-state index contributed by atoms with van der Waals surface area (Å²) >= 11 is 0. The minimum atomic E-state index is -0.557. The van der Waals surface area contributed by atoms with E-state index >= 15 is 0 Å². The third-order valence-electron chi connectivity index (χ3n) is 3.47. The van der Waals surface area contributed by atoms with Crippen LogP contribution in [-0.4, -0.2) is 36.3 Å². The molecule has 0 bridgehead atoms. The lowest BCUT2D eigenvalue weighted by Gasteiger charge is -2.04. The smallest absolute Gasteiger partial charge is 0.331 e. The van der Waals surface area contributed by atoms with Gasteiger partial charge in [-0.05, 0) is 43.5 Å². The van der Waals surface area contributed by atoms with Gasteiger partial charge in [0.1, 0.15) is 6.10 Å². The fourth-order valence-corrected chi connectivity index (χ4v) is 2.03. The summed E-state index contributed by atoms with van der Waals surface area (Å²) in [7, 11) is 0. The van der Waals surface area contributed by atoms with Crippen LogP contribution in [0.3, 0.4) is 0 Å². The maximum atomic E-state index is 11.8. The van der Waals surface area contributed by atoms with E-state index in [9.17, 15) is 19.2 Å². The molecule has 2 rings (SSSR count). The van der Waals surface area contributed by atoms with E-state index in [0.29, 0.717) is 5.69 Å². The molecule has 142 valence electrons. The minimum absolute atomic E-state index is 0.00685. The number of anilines is 1. The highest BCUT2D eigenvalue weighted by Gasteiger charge is 2.24. The Bertz CT molecular complexity index is 759. The van der Waals surface area contributed by atoms with Gasteiger partial charge in [-0.2, -0.15) is 0 Å². The molecular weight excluding hydrogens is 350 g/mol. The van der Waals surface area contributed by atoms with Gasteiger partial charge >= 0.3 is 11.9 Å². The minimum Gasteiger partial charge on any atom is -0.463 e. The molecule has 0 spiro atoms. The van der Waals surface area contributed by atoms with Crippen molar-refractivity contribution in [1.29, 1.82) is 0 Å². The van der Waals surface area contributed by atoms with E-state index < -0.39 is 17.8 Å². The fraction of sp³-hybridized carbons (Fsp3) is 0.300. The van der Waals surface area contributed by atoms with E-state index in [4.69, 9.17) is 9.47 Å². The lowest BCUT2D eigenvalue weighted by Crippen LogP contribution is -2.10. The van der Waals surface area contributed by atoms with Gasteiger partial charge in [-0.3, -0.25) is 9.59 Å². The Morgan fingerprint density at radius 2 is 1.67 bits per heavy atom. The molecule has 1 amide bonds. The molecular formula is C20H21NO6. The largest absolute Gasteiger partial charge is 0.463 e. The van der Waals surface area contributed by atoms with Gasteiger partial charge in [0.05, 0.1) is 6.61 Å². The number of benzene rings is 1. The van der Waals surface area contributed by atoms with Crippen LogP contribution in [-0.2, 0) is 35.1 Å². The van der Waals surface area contributed by atoms with E-state index in [1.807, 2.05) is 0 Å². The van der Waals surface area contributed by atoms with Crippen molar-refractivity contribution in [2.45, 2.75) is 32.3 Å². The molecule has 0 radical (unpaired) electrons. The van der Waals surface area contributed by atoms with Crippen molar-refractivity contribution < 1.29 is 28.7 Å². The predicted octanol–water partition coefficient (Wildman–Crippen LogP) is 2.12. The van der Waals surface area contributed by atoms with Crippen LogP contribution in [0.1, 0.15) is 25.3 Å². The molecule has 1 aliphatic carbocycles. The van der Waals surface area contributed by atoms with Gasteiger partial charge in [0, 0.05) is 30.3 Å². The van der Waals surface area contributed by atoms with Gasteiger partial charge in [0.25, 0.3) is 0 Å². The quantitative estimate of drug-likeness (QED) is 0.527. The molecule has 1 N–H and O–H groups in total. The Morgan fingerprint density at radius 3 is 2.30 bits per heavy atom.